The van der Waals surface area contributed by atoms with Gasteiger partial charge in [0.1, 0.15) is 0 Å². The quantitative estimate of drug-likeness (QED) is 0.656. The molecule has 2 N–H and O–H groups in total. The van der Waals surface area contributed by atoms with Gasteiger partial charge in [-0.05, 0) is 22.8 Å². The van der Waals surface area contributed by atoms with E-state index < -0.39 is 16.6 Å². The molecule has 1 aliphatic carbocycles. The molecule has 1 aromatic carbocycles. The van der Waals surface area contributed by atoms with Crippen LogP contribution in [0.15, 0.2) is 48.1 Å². The predicted octanol–water partition coefficient (Wildman–Crippen LogP) is 5.82. The highest BCUT2D eigenvalue weighted by atomic mass is 16.5. The van der Waals surface area contributed by atoms with E-state index in [1.165, 1.54) is 0 Å². The van der Waals surface area contributed by atoms with Crippen molar-refractivity contribution in [3.8, 4) is 0 Å². The molecule has 0 unspecified atom stereocenters. The third-order valence-electron chi connectivity index (χ3n) is 6.36. The molecule has 0 fully saturated rings. The molecule has 0 bridgehead atoms. The molecule has 0 heterocycles. The molecule has 0 spiro atoms. The summed E-state index contributed by atoms with van der Waals surface area (Å²) in [5.74, 6) is -1.82. The summed E-state index contributed by atoms with van der Waals surface area (Å²) in [5.41, 5.74) is 0.234. The van der Waals surface area contributed by atoms with Gasteiger partial charge in [0, 0.05) is 10.8 Å². The second-order valence-electron chi connectivity index (χ2n) is 10.4. The zero-order chi connectivity index (χ0) is 20.0. The maximum absolute atomic E-state index is 11.5. The van der Waals surface area contributed by atoms with Crippen molar-refractivity contribution in [3.05, 3.63) is 53.6 Å². The van der Waals surface area contributed by atoms with Gasteiger partial charge in [-0.15, -0.1) is 0 Å². The van der Waals surface area contributed by atoms with Crippen LogP contribution >= 0.6 is 0 Å². The summed E-state index contributed by atoms with van der Waals surface area (Å²) in [6, 6.07) is 10.2. The number of hydrogen-bond acceptors (Lipinski definition) is 2. The van der Waals surface area contributed by atoms with Crippen LogP contribution < -0.4 is 0 Å². The number of rotatable bonds is 2. The van der Waals surface area contributed by atoms with Crippen molar-refractivity contribution in [2.24, 2.45) is 21.7 Å². The average molecular weight is 357 g/mol. The minimum atomic E-state index is -1.82. The van der Waals surface area contributed by atoms with Crippen LogP contribution in [0.4, 0.5) is 0 Å². The van der Waals surface area contributed by atoms with E-state index in [-0.39, 0.29) is 10.8 Å². The van der Waals surface area contributed by atoms with E-state index in [1.54, 1.807) is 0 Å². The van der Waals surface area contributed by atoms with Crippen molar-refractivity contribution < 1.29 is 10.2 Å². The maximum Gasteiger partial charge on any atom is 0.178 e. The lowest BCUT2D eigenvalue weighted by molar-refractivity contribution is -0.348. The Bertz CT molecular complexity index is 678. The minimum Gasteiger partial charge on any atom is -0.364 e. The van der Waals surface area contributed by atoms with E-state index in [1.807, 2.05) is 38.1 Å². The van der Waals surface area contributed by atoms with Gasteiger partial charge in [-0.2, -0.15) is 0 Å². The van der Waals surface area contributed by atoms with Crippen LogP contribution in [0.25, 0.3) is 6.08 Å². The summed E-state index contributed by atoms with van der Waals surface area (Å²) in [6.07, 6.45) is 6.90. The first-order valence-corrected chi connectivity index (χ1v) is 9.55. The van der Waals surface area contributed by atoms with Gasteiger partial charge in [-0.3, -0.25) is 0 Å². The molecule has 2 rings (SSSR count). The van der Waals surface area contributed by atoms with Crippen LogP contribution in [0.1, 0.15) is 67.4 Å². The Morgan fingerprint density at radius 2 is 1.35 bits per heavy atom. The molecule has 1 aliphatic rings. The summed E-state index contributed by atoms with van der Waals surface area (Å²) < 4.78 is 0. The molecule has 2 nitrogen and oxygen atoms in total. The number of allylic oxidation sites excluding steroid dienone is 2. The Balaban J connectivity index is 2.62. The van der Waals surface area contributed by atoms with Crippen LogP contribution in [-0.4, -0.2) is 16.0 Å². The fourth-order valence-corrected chi connectivity index (χ4v) is 5.17. The first kappa shape index (κ1) is 20.9. The minimum absolute atomic E-state index is 0.299. The molecule has 26 heavy (non-hydrogen) atoms. The van der Waals surface area contributed by atoms with Crippen molar-refractivity contribution in [3.63, 3.8) is 0 Å². The maximum atomic E-state index is 11.5. The first-order chi connectivity index (χ1) is 11.7. The summed E-state index contributed by atoms with van der Waals surface area (Å²) in [4.78, 5) is 0. The van der Waals surface area contributed by atoms with E-state index in [2.05, 4.69) is 65.8 Å². The second-order valence-corrected chi connectivity index (χ2v) is 10.4. The molecular weight excluding hydrogens is 320 g/mol. The van der Waals surface area contributed by atoms with Crippen molar-refractivity contribution in [1.29, 1.82) is 0 Å². The Morgan fingerprint density at radius 3 is 1.81 bits per heavy atom. The van der Waals surface area contributed by atoms with Crippen molar-refractivity contribution in [2.45, 2.75) is 67.6 Å². The highest BCUT2D eigenvalue weighted by molar-refractivity contribution is 5.53. The third-order valence-corrected chi connectivity index (χ3v) is 6.36. The molecule has 0 aliphatic heterocycles. The van der Waals surface area contributed by atoms with Crippen molar-refractivity contribution >= 4 is 6.08 Å². The zero-order valence-corrected chi connectivity index (χ0v) is 17.7. The highest BCUT2D eigenvalue weighted by Gasteiger charge is 2.68. The number of hydrogen-bond donors (Lipinski definition) is 2. The lowest BCUT2D eigenvalue weighted by Gasteiger charge is -2.65. The van der Waals surface area contributed by atoms with Gasteiger partial charge in [0.15, 0.2) is 5.79 Å². The Labute approximate surface area is 159 Å². The zero-order valence-electron chi connectivity index (χ0n) is 17.7. The van der Waals surface area contributed by atoms with E-state index in [0.717, 1.165) is 11.1 Å². The molecule has 0 saturated heterocycles. The Hall–Kier alpha value is -1.38. The largest absolute Gasteiger partial charge is 0.364 e. The van der Waals surface area contributed by atoms with E-state index in [4.69, 9.17) is 0 Å². The molecule has 0 amide bonds. The Morgan fingerprint density at radius 1 is 0.846 bits per heavy atom. The number of benzene rings is 1. The molecule has 0 aromatic heterocycles. The molecule has 144 valence electrons. The van der Waals surface area contributed by atoms with E-state index in [9.17, 15) is 10.2 Å². The molecule has 0 saturated carbocycles. The normalized spacial score (nSPS) is 22.3. The lowest BCUT2D eigenvalue weighted by atomic mass is 9.42. The van der Waals surface area contributed by atoms with Crippen molar-refractivity contribution in [2.75, 3.05) is 0 Å². The van der Waals surface area contributed by atoms with Gasteiger partial charge < -0.3 is 10.2 Å². The smallest absolute Gasteiger partial charge is 0.178 e. The molecule has 0 radical (unpaired) electrons. The van der Waals surface area contributed by atoms with E-state index >= 15 is 0 Å². The Kier molecular flexibility index (Phi) is 5.11. The highest BCUT2D eigenvalue weighted by Crippen LogP contribution is 2.66. The first-order valence-electron chi connectivity index (χ1n) is 9.55. The van der Waals surface area contributed by atoms with Gasteiger partial charge >= 0.3 is 0 Å². The standard InChI is InChI=1S/C24H36O2/c1-20(2,3)23(21(4,5)6)17-19(16-22(7,8)24(23,25)26)15-14-18-12-10-9-11-13-18/h9-16,25-26H,17H2,1-8H3. The SMILES string of the molecule is CC(C)(C)C1(C(C)(C)C)CC(C=Cc2ccccc2)=CC(C)(C)C1(O)O. The fraction of sp³-hybridized carbons (Fsp3) is 0.583. The molecular formula is C24H36O2. The van der Waals surface area contributed by atoms with Gasteiger partial charge in [0.05, 0.1) is 0 Å². The summed E-state index contributed by atoms with van der Waals surface area (Å²) in [6.45, 7) is 16.6. The van der Waals surface area contributed by atoms with Gasteiger partial charge in [0.25, 0.3) is 0 Å². The molecule has 2 heteroatoms. The second kappa shape index (κ2) is 6.35. The molecule has 1 aromatic rings. The van der Waals surface area contributed by atoms with Crippen LogP contribution in [0.2, 0.25) is 0 Å². The fourth-order valence-electron chi connectivity index (χ4n) is 5.17. The van der Waals surface area contributed by atoms with E-state index in [0.29, 0.717) is 6.42 Å². The van der Waals surface area contributed by atoms with Crippen LogP contribution in [0, 0.1) is 21.7 Å². The summed E-state index contributed by atoms with van der Waals surface area (Å²) >= 11 is 0. The third kappa shape index (κ3) is 3.18. The van der Waals surface area contributed by atoms with Crippen LogP contribution in [0.5, 0.6) is 0 Å². The lowest BCUT2D eigenvalue weighted by Crippen LogP contribution is -2.68. The van der Waals surface area contributed by atoms with Gasteiger partial charge in [-0.25, -0.2) is 0 Å². The topological polar surface area (TPSA) is 40.5 Å². The monoisotopic (exact) mass is 356 g/mol. The average Bonchev–Trinajstić information content (AvgIpc) is 2.46. The van der Waals surface area contributed by atoms with Crippen LogP contribution in [-0.2, 0) is 0 Å². The number of aliphatic hydroxyl groups is 2. The van der Waals surface area contributed by atoms with Gasteiger partial charge in [0.2, 0.25) is 0 Å². The molecule has 0 atom stereocenters. The van der Waals surface area contributed by atoms with Crippen molar-refractivity contribution in [1.82, 2.24) is 0 Å². The van der Waals surface area contributed by atoms with Gasteiger partial charge in [-0.1, -0.05) is 110 Å². The predicted molar refractivity (Wildman–Crippen MR) is 110 cm³/mol. The summed E-state index contributed by atoms with van der Waals surface area (Å²) in [5, 5.41) is 22.9. The van der Waals surface area contributed by atoms with Crippen LogP contribution in [0.3, 0.4) is 0 Å². The summed E-state index contributed by atoms with van der Waals surface area (Å²) in [7, 11) is 0.